The monoisotopic (exact) mass is 403 g/mol. The Kier molecular flexibility index (Phi) is 5.39. The summed E-state index contributed by atoms with van der Waals surface area (Å²) in [6.07, 6.45) is 1.51. The molecule has 0 radical (unpaired) electrons. The first-order valence-corrected chi connectivity index (χ1v) is 8.69. The summed E-state index contributed by atoms with van der Waals surface area (Å²) in [5.41, 5.74) is 12.1. The van der Waals surface area contributed by atoms with E-state index in [1.54, 1.807) is 24.3 Å². The number of amides is 1. The van der Waals surface area contributed by atoms with Gasteiger partial charge in [-0.15, -0.1) is 0 Å². The van der Waals surface area contributed by atoms with Gasteiger partial charge in [-0.3, -0.25) is 19.8 Å². The van der Waals surface area contributed by atoms with E-state index >= 15 is 0 Å². The number of benzene rings is 1. The van der Waals surface area contributed by atoms with E-state index in [1.807, 2.05) is 6.07 Å². The molecule has 0 aliphatic heterocycles. The van der Waals surface area contributed by atoms with Crippen LogP contribution < -0.4 is 22.1 Å². The Morgan fingerprint density at radius 2 is 2.07 bits per heavy atom. The fourth-order valence-corrected chi connectivity index (χ4v) is 2.91. The standard InChI is InChI=1S/C18H18ClN5O4/c1-9(17(27)23-21-8-15(25)26)24-5-4-11-7-14(22-16(11)18(24)28)10-2-3-13(20)12(19)6-10/h2-7,9,21-22H,8,20H2,1H3,(H,23,27)(H,25,26). The molecule has 0 bridgehead atoms. The van der Waals surface area contributed by atoms with Crippen molar-refractivity contribution in [3.63, 3.8) is 0 Å². The van der Waals surface area contributed by atoms with E-state index in [2.05, 4.69) is 15.8 Å². The SMILES string of the molecule is CC(C(=O)NNCC(=O)O)n1ccc2cc(-c3ccc(N)c(Cl)c3)[nH]c2c1=O. The van der Waals surface area contributed by atoms with Crippen molar-refractivity contribution in [2.75, 3.05) is 12.3 Å². The van der Waals surface area contributed by atoms with Crippen molar-refractivity contribution in [2.45, 2.75) is 13.0 Å². The molecular weight excluding hydrogens is 386 g/mol. The van der Waals surface area contributed by atoms with E-state index in [4.69, 9.17) is 22.4 Å². The van der Waals surface area contributed by atoms with Crippen LogP contribution in [0.5, 0.6) is 0 Å². The number of aliphatic carboxylic acids is 1. The van der Waals surface area contributed by atoms with Crippen LogP contribution in [-0.4, -0.2) is 33.1 Å². The van der Waals surface area contributed by atoms with Crippen molar-refractivity contribution in [1.29, 1.82) is 0 Å². The van der Waals surface area contributed by atoms with E-state index in [-0.39, 0.29) is 5.56 Å². The summed E-state index contributed by atoms with van der Waals surface area (Å²) in [5.74, 6) is -1.66. The Hall–Kier alpha value is -3.30. The molecule has 1 aromatic carbocycles. The maximum absolute atomic E-state index is 12.8. The highest BCUT2D eigenvalue weighted by Crippen LogP contribution is 2.28. The molecule has 2 aromatic heterocycles. The summed E-state index contributed by atoms with van der Waals surface area (Å²) in [5, 5.41) is 9.68. The number of aromatic nitrogens is 2. The summed E-state index contributed by atoms with van der Waals surface area (Å²) in [6.45, 7) is 1.10. The number of carboxylic acids is 1. The van der Waals surface area contributed by atoms with E-state index in [0.717, 1.165) is 5.56 Å². The summed E-state index contributed by atoms with van der Waals surface area (Å²) < 4.78 is 1.26. The molecule has 146 valence electrons. The molecular formula is C18H18ClN5O4. The van der Waals surface area contributed by atoms with Gasteiger partial charge in [0.15, 0.2) is 0 Å². The normalized spacial score (nSPS) is 12.1. The van der Waals surface area contributed by atoms with Crippen molar-refractivity contribution in [3.8, 4) is 11.3 Å². The largest absolute Gasteiger partial charge is 0.480 e. The number of H-pyrrole nitrogens is 1. The van der Waals surface area contributed by atoms with Crippen LogP contribution in [0.3, 0.4) is 0 Å². The molecule has 3 rings (SSSR count). The van der Waals surface area contributed by atoms with Gasteiger partial charge in [0.25, 0.3) is 11.5 Å². The first kappa shape index (κ1) is 19.5. The van der Waals surface area contributed by atoms with Crippen LogP contribution in [0.15, 0.2) is 41.3 Å². The third-order valence-electron chi connectivity index (χ3n) is 4.27. The average molecular weight is 404 g/mol. The number of hydrazine groups is 1. The number of anilines is 1. The number of nitrogens with two attached hydrogens (primary N) is 1. The fourth-order valence-electron chi connectivity index (χ4n) is 2.73. The first-order chi connectivity index (χ1) is 13.3. The Morgan fingerprint density at radius 3 is 2.75 bits per heavy atom. The number of carbonyl (C=O) groups excluding carboxylic acids is 1. The lowest BCUT2D eigenvalue weighted by molar-refractivity contribution is -0.136. The molecule has 1 unspecified atom stereocenters. The van der Waals surface area contributed by atoms with Gasteiger partial charge in [0.05, 0.1) is 10.7 Å². The highest BCUT2D eigenvalue weighted by atomic mass is 35.5. The molecule has 10 heteroatoms. The molecule has 0 fully saturated rings. The lowest BCUT2D eigenvalue weighted by atomic mass is 10.1. The van der Waals surface area contributed by atoms with Gasteiger partial charge in [0.1, 0.15) is 18.1 Å². The first-order valence-electron chi connectivity index (χ1n) is 8.31. The van der Waals surface area contributed by atoms with Crippen LogP contribution in [0.4, 0.5) is 5.69 Å². The van der Waals surface area contributed by atoms with Crippen LogP contribution in [0.1, 0.15) is 13.0 Å². The lowest BCUT2D eigenvalue weighted by Crippen LogP contribution is -2.44. The van der Waals surface area contributed by atoms with Crippen LogP contribution in [0.25, 0.3) is 22.2 Å². The topological polar surface area (TPSA) is 142 Å². The molecule has 28 heavy (non-hydrogen) atoms. The maximum atomic E-state index is 12.8. The average Bonchev–Trinajstić information content (AvgIpc) is 3.08. The zero-order chi connectivity index (χ0) is 20.4. The van der Waals surface area contributed by atoms with Gasteiger partial charge in [-0.1, -0.05) is 17.7 Å². The van der Waals surface area contributed by atoms with Gasteiger partial charge >= 0.3 is 5.97 Å². The summed E-state index contributed by atoms with van der Waals surface area (Å²) in [6, 6.07) is 7.83. The van der Waals surface area contributed by atoms with Gasteiger partial charge in [-0.2, -0.15) is 0 Å². The van der Waals surface area contributed by atoms with Gasteiger partial charge in [0.2, 0.25) is 0 Å². The quantitative estimate of drug-likeness (QED) is 0.312. The molecule has 3 aromatic rings. The molecule has 9 nitrogen and oxygen atoms in total. The third-order valence-corrected chi connectivity index (χ3v) is 4.60. The van der Waals surface area contributed by atoms with Gasteiger partial charge in [-0.05, 0) is 36.8 Å². The Labute approximate surface area is 164 Å². The molecule has 0 saturated heterocycles. The molecule has 1 amide bonds. The van der Waals surface area contributed by atoms with Crippen LogP contribution in [0, 0.1) is 0 Å². The van der Waals surface area contributed by atoms with E-state index in [0.29, 0.717) is 27.3 Å². The van der Waals surface area contributed by atoms with E-state index < -0.39 is 24.5 Å². The molecule has 0 saturated carbocycles. The fraction of sp³-hybridized carbons (Fsp3) is 0.167. The van der Waals surface area contributed by atoms with Gasteiger partial charge in [0, 0.05) is 17.3 Å². The minimum absolute atomic E-state index is 0.337. The summed E-state index contributed by atoms with van der Waals surface area (Å²) in [4.78, 5) is 38.5. The Balaban J connectivity index is 1.91. The minimum Gasteiger partial charge on any atom is -0.480 e. The Bertz CT molecular complexity index is 1120. The number of nitrogens with zero attached hydrogens (tertiary/aromatic N) is 1. The van der Waals surface area contributed by atoms with Crippen molar-refractivity contribution >= 4 is 40.1 Å². The van der Waals surface area contributed by atoms with Crippen molar-refractivity contribution in [1.82, 2.24) is 20.4 Å². The highest BCUT2D eigenvalue weighted by Gasteiger charge is 2.18. The number of hydrogen-bond acceptors (Lipinski definition) is 5. The smallest absolute Gasteiger partial charge is 0.319 e. The number of rotatable bonds is 6. The minimum atomic E-state index is -1.12. The zero-order valence-electron chi connectivity index (χ0n) is 14.8. The predicted octanol–water partition coefficient (Wildman–Crippen LogP) is 1.50. The molecule has 6 N–H and O–H groups in total. The van der Waals surface area contributed by atoms with E-state index in [1.165, 1.54) is 17.7 Å². The highest BCUT2D eigenvalue weighted by molar-refractivity contribution is 6.33. The number of aromatic amines is 1. The number of fused-ring (bicyclic) bond motifs is 1. The van der Waals surface area contributed by atoms with Gasteiger partial charge in [-0.25, -0.2) is 5.43 Å². The number of hydrogen-bond donors (Lipinski definition) is 5. The van der Waals surface area contributed by atoms with Crippen LogP contribution in [0.2, 0.25) is 5.02 Å². The summed E-state index contributed by atoms with van der Waals surface area (Å²) >= 11 is 6.06. The predicted molar refractivity (Wildman–Crippen MR) is 106 cm³/mol. The lowest BCUT2D eigenvalue weighted by Gasteiger charge is -2.15. The molecule has 2 heterocycles. The second kappa shape index (κ2) is 7.75. The van der Waals surface area contributed by atoms with Gasteiger partial charge < -0.3 is 20.4 Å². The number of nitrogens with one attached hydrogen (secondary N) is 3. The second-order valence-corrected chi connectivity index (χ2v) is 6.60. The Morgan fingerprint density at radius 1 is 1.32 bits per heavy atom. The molecule has 0 spiro atoms. The number of carbonyl (C=O) groups is 2. The van der Waals surface area contributed by atoms with E-state index in [9.17, 15) is 14.4 Å². The summed E-state index contributed by atoms with van der Waals surface area (Å²) in [7, 11) is 0. The van der Waals surface area contributed by atoms with Crippen LogP contribution in [-0.2, 0) is 9.59 Å². The second-order valence-electron chi connectivity index (χ2n) is 6.19. The maximum Gasteiger partial charge on any atom is 0.319 e. The van der Waals surface area contributed by atoms with Crippen molar-refractivity contribution in [3.05, 3.63) is 51.9 Å². The molecule has 0 aliphatic rings. The molecule has 0 aliphatic carbocycles. The van der Waals surface area contributed by atoms with Crippen molar-refractivity contribution < 1.29 is 14.7 Å². The van der Waals surface area contributed by atoms with Crippen molar-refractivity contribution in [2.24, 2.45) is 0 Å². The molecule has 1 atom stereocenters. The number of carboxylic acid groups (broad SMARTS) is 1. The zero-order valence-corrected chi connectivity index (χ0v) is 15.6. The number of nitrogen functional groups attached to an aromatic ring is 1. The van der Waals surface area contributed by atoms with Crippen LogP contribution >= 0.6 is 11.6 Å². The number of halogens is 1. The third kappa shape index (κ3) is 3.85. The number of pyridine rings is 1.